The number of carbonyl (C=O) groups excluding carboxylic acids is 2. The second-order valence-corrected chi connectivity index (χ2v) is 8.26. The summed E-state index contributed by atoms with van der Waals surface area (Å²) in [7, 11) is 1.62. The van der Waals surface area contributed by atoms with Crippen molar-refractivity contribution in [2.24, 2.45) is 5.92 Å². The van der Waals surface area contributed by atoms with Crippen molar-refractivity contribution in [2.45, 2.75) is 43.8 Å². The molecule has 0 radical (unpaired) electrons. The van der Waals surface area contributed by atoms with Gasteiger partial charge in [0.05, 0.1) is 13.2 Å². The summed E-state index contributed by atoms with van der Waals surface area (Å²) in [4.78, 5) is 26.7. The second kappa shape index (κ2) is 7.71. The van der Waals surface area contributed by atoms with E-state index in [1.165, 1.54) is 0 Å². The summed E-state index contributed by atoms with van der Waals surface area (Å²) in [5, 5.41) is 14.5. The number of ether oxygens (including phenoxy) is 1. The van der Waals surface area contributed by atoms with E-state index in [1.807, 2.05) is 24.3 Å². The van der Waals surface area contributed by atoms with Crippen LogP contribution in [0.15, 0.2) is 28.7 Å². The number of piperazine rings is 1. The molecule has 2 amide bonds. The maximum atomic E-state index is 12.4. The quantitative estimate of drug-likeness (QED) is 0.722. The van der Waals surface area contributed by atoms with Crippen LogP contribution in [0.1, 0.15) is 25.2 Å². The minimum absolute atomic E-state index is 0.00648. The lowest BCUT2D eigenvalue weighted by Gasteiger charge is -2.36. The lowest BCUT2D eigenvalue weighted by atomic mass is 10.1. The Kier molecular flexibility index (Phi) is 4.90. The van der Waals surface area contributed by atoms with Crippen LogP contribution in [0.5, 0.6) is 5.75 Å². The van der Waals surface area contributed by atoms with E-state index in [0.29, 0.717) is 37.7 Å². The summed E-state index contributed by atoms with van der Waals surface area (Å²) in [6.45, 7) is 1.19. The predicted octanol–water partition coefficient (Wildman–Crippen LogP) is 0.755. The average molecular weight is 411 g/mol. The summed E-state index contributed by atoms with van der Waals surface area (Å²) in [6, 6.07) is 7.28. The van der Waals surface area contributed by atoms with Crippen molar-refractivity contribution < 1.29 is 18.7 Å². The largest absolute Gasteiger partial charge is 0.497 e. The van der Waals surface area contributed by atoms with Crippen LogP contribution in [0.25, 0.3) is 11.5 Å². The topological polar surface area (TPSA) is 110 Å². The number of carbonyl (C=O) groups is 2. The first-order valence-electron chi connectivity index (χ1n) is 10.4. The van der Waals surface area contributed by atoms with Crippen molar-refractivity contribution >= 4 is 11.8 Å². The highest BCUT2D eigenvalue weighted by Gasteiger charge is 2.45. The molecule has 1 aliphatic carbocycles. The average Bonchev–Trinajstić information content (AvgIpc) is 3.37. The number of amides is 2. The smallest absolute Gasteiger partial charge is 0.247 e. The Hall–Kier alpha value is -2.94. The molecule has 9 nitrogen and oxygen atoms in total. The van der Waals surface area contributed by atoms with Crippen molar-refractivity contribution in [3.8, 4) is 17.2 Å². The van der Waals surface area contributed by atoms with Gasteiger partial charge in [-0.2, -0.15) is 0 Å². The number of hydrogen-bond acceptors (Lipinski definition) is 7. The van der Waals surface area contributed by atoms with Gasteiger partial charge in [-0.25, -0.2) is 0 Å². The monoisotopic (exact) mass is 411 g/mol. The molecule has 1 aromatic heterocycles. The molecule has 9 heteroatoms. The molecule has 3 atom stereocenters. The fraction of sp³-hybridized carbons (Fsp3) is 0.524. The predicted molar refractivity (Wildman–Crippen MR) is 107 cm³/mol. The molecule has 2 aliphatic heterocycles. The van der Waals surface area contributed by atoms with Crippen LogP contribution in [0, 0.1) is 5.92 Å². The number of fused-ring (bicyclic) bond motifs is 1. The molecule has 0 spiro atoms. The van der Waals surface area contributed by atoms with Crippen LogP contribution in [0.2, 0.25) is 0 Å². The fourth-order valence-corrected chi connectivity index (χ4v) is 4.32. The van der Waals surface area contributed by atoms with Crippen molar-refractivity contribution in [1.82, 2.24) is 25.7 Å². The fourth-order valence-electron chi connectivity index (χ4n) is 4.32. The molecule has 0 unspecified atom stereocenters. The van der Waals surface area contributed by atoms with Crippen molar-refractivity contribution in [3.05, 3.63) is 30.2 Å². The standard InChI is InChI=1S/C21H25N5O4/c1-29-16-6-4-13(5-7-16)21-25-24-18(30-21)9-15-10-22-20(28)17-8-14(11-26(15)17)23-19(27)12-2-3-12/h4-7,12,14-15,17H,2-3,8-11H2,1H3,(H,22,28)(H,23,27)/t14-,15+,17-/m0/s1. The molecule has 0 bridgehead atoms. The lowest BCUT2D eigenvalue weighted by molar-refractivity contribution is -0.129. The number of rotatable bonds is 6. The first-order chi connectivity index (χ1) is 14.6. The van der Waals surface area contributed by atoms with E-state index in [2.05, 4.69) is 25.7 Å². The van der Waals surface area contributed by atoms with Gasteiger partial charge in [-0.05, 0) is 43.5 Å². The summed E-state index contributed by atoms with van der Waals surface area (Å²) < 4.78 is 11.1. The van der Waals surface area contributed by atoms with Crippen LogP contribution >= 0.6 is 0 Å². The number of benzene rings is 1. The van der Waals surface area contributed by atoms with Gasteiger partial charge in [0, 0.05) is 43.1 Å². The Morgan fingerprint density at radius 3 is 2.83 bits per heavy atom. The van der Waals surface area contributed by atoms with Gasteiger partial charge < -0.3 is 19.8 Å². The molecule has 5 rings (SSSR count). The third-order valence-electron chi connectivity index (χ3n) is 6.13. The molecule has 3 fully saturated rings. The second-order valence-electron chi connectivity index (χ2n) is 8.26. The number of methoxy groups -OCH3 is 1. The summed E-state index contributed by atoms with van der Waals surface area (Å²) in [5.74, 6) is 2.07. The van der Waals surface area contributed by atoms with Gasteiger partial charge in [0.15, 0.2) is 0 Å². The van der Waals surface area contributed by atoms with E-state index >= 15 is 0 Å². The first kappa shape index (κ1) is 19.0. The third kappa shape index (κ3) is 3.77. The van der Waals surface area contributed by atoms with Crippen LogP contribution in [0.3, 0.4) is 0 Å². The van der Waals surface area contributed by atoms with Gasteiger partial charge in [0.1, 0.15) is 5.75 Å². The molecule has 2 saturated heterocycles. The summed E-state index contributed by atoms with van der Waals surface area (Å²) >= 11 is 0. The zero-order valence-corrected chi connectivity index (χ0v) is 16.8. The minimum atomic E-state index is -0.225. The molecule has 3 heterocycles. The molecular formula is C21H25N5O4. The zero-order chi connectivity index (χ0) is 20.7. The number of aromatic nitrogens is 2. The molecule has 30 heavy (non-hydrogen) atoms. The van der Waals surface area contributed by atoms with Gasteiger partial charge in [-0.1, -0.05) is 0 Å². The van der Waals surface area contributed by atoms with E-state index in [1.54, 1.807) is 7.11 Å². The molecular weight excluding hydrogens is 386 g/mol. The number of hydrogen-bond donors (Lipinski definition) is 2. The SMILES string of the molecule is COc1ccc(-c2nnc(C[C@@H]3CNC(=O)[C@@H]4C[C@H](NC(=O)C5CC5)CN34)o2)cc1. The van der Waals surface area contributed by atoms with Crippen molar-refractivity contribution in [1.29, 1.82) is 0 Å². The van der Waals surface area contributed by atoms with Crippen molar-refractivity contribution in [2.75, 3.05) is 20.2 Å². The highest BCUT2D eigenvalue weighted by Crippen LogP contribution is 2.31. The van der Waals surface area contributed by atoms with E-state index in [0.717, 1.165) is 24.2 Å². The van der Waals surface area contributed by atoms with Crippen LogP contribution in [-0.4, -0.2) is 65.2 Å². The maximum Gasteiger partial charge on any atom is 0.247 e. The van der Waals surface area contributed by atoms with Crippen LogP contribution in [0.4, 0.5) is 0 Å². The Labute approximate surface area is 174 Å². The van der Waals surface area contributed by atoms with Crippen LogP contribution in [-0.2, 0) is 16.0 Å². The summed E-state index contributed by atoms with van der Waals surface area (Å²) in [6.07, 6.45) is 3.13. The Bertz CT molecular complexity index is 939. The number of nitrogens with zero attached hydrogens (tertiary/aromatic N) is 3. The van der Waals surface area contributed by atoms with Gasteiger partial charge >= 0.3 is 0 Å². The summed E-state index contributed by atoms with van der Waals surface area (Å²) in [5.41, 5.74) is 0.827. The van der Waals surface area contributed by atoms with Gasteiger partial charge in [-0.3, -0.25) is 14.5 Å². The van der Waals surface area contributed by atoms with E-state index in [4.69, 9.17) is 9.15 Å². The Balaban J connectivity index is 1.26. The molecule has 3 aliphatic rings. The normalized spacial score (nSPS) is 26.2. The van der Waals surface area contributed by atoms with Gasteiger partial charge in [0.2, 0.25) is 23.6 Å². The van der Waals surface area contributed by atoms with E-state index < -0.39 is 0 Å². The highest BCUT2D eigenvalue weighted by atomic mass is 16.5. The first-order valence-corrected chi connectivity index (χ1v) is 10.4. The molecule has 2 N–H and O–H groups in total. The van der Waals surface area contributed by atoms with Crippen LogP contribution < -0.4 is 15.4 Å². The van der Waals surface area contributed by atoms with Crippen molar-refractivity contribution in [3.63, 3.8) is 0 Å². The minimum Gasteiger partial charge on any atom is -0.497 e. The lowest BCUT2D eigenvalue weighted by Crippen LogP contribution is -2.58. The third-order valence-corrected chi connectivity index (χ3v) is 6.13. The van der Waals surface area contributed by atoms with Gasteiger partial charge in [0.25, 0.3) is 0 Å². The molecule has 2 aromatic rings. The maximum absolute atomic E-state index is 12.4. The molecule has 1 aromatic carbocycles. The Morgan fingerprint density at radius 2 is 2.10 bits per heavy atom. The van der Waals surface area contributed by atoms with E-state index in [9.17, 15) is 9.59 Å². The van der Waals surface area contributed by atoms with Gasteiger partial charge in [-0.15, -0.1) is 10.2 Å². The highest BCUT2D eigenvalue weighted by molar-refractivity contribution is 5.84. The Morgan fingerprint density at radius 1 is 1.30 bits per heavy atom. The zero-order valence-electron chi connectivity index (χ0n) is 16.8. The molecule has 158 valence electrons. The van der Waals surface area contributed by atoms with E-state index in [-0.39, 0.29) is 35.9 Å². The molecule has 1 saturated carbocycles. The number of nitrogens with one attached hydrogen (secondary N) is 2.